The molecule has 2 heteroatoms. The number of hydrogen-bond acceptors (Lipinski definition) is 1. The first kappa shape index (κ1) is 14.1. The van der Waals surface area contributed by atoms with Crippen molar-refractivity contribution in [3.05, 3.63) is 78.4 Å². The van der Waals surface area contributed by atoms with Crippen molar-refractivity contribution in [3.63, 3.8) is 0 Å². The Morgan fingerprint density at radius 2 is 1.62 bits per heavy atom. The van der Waals surface area contributed by atoms with Crippen LogP contribution in [-0.2, 0) is 0 Å². The van der Waals surface area contributed by atoms with Gasteiger partial charge in [0.1, 0.15) is 11.2 Å². The third-order valence-electron chi connectivity index (χ3n) is 4.76. The van der Waals surface area contributed by atoms with Crippen molar-refractivity contribution in [1.82, 2.24) is 0 Å². The van der Waals surface area contributed by atoms with Crippen LogP contribution < -0.4 is 0 Å². The Labute approximate surface area is 148 Å². The van der Waals surface area contributed by atoms with Gasteiger partial charge in [0.25, 0.3) is 0 Å². The minimum Gasteiger partial charge on any atom is -0.455 e. The Kier molecular flexibility index (Phi) is 3.14. The molecule has 24 heavy (non-hydrogen) atoms. The van der Waals surface area contributed by atoms with Gasteiger partial charge in [-0.2, -0.15) is 0 Å². The maximum atomic E-state index is 6.19. The average molecular weight is 375 g/mol. The normalized spacial score (nSPS) is 17.7. The average Bonchev–Trinajstić information content (AvgIpc) is 3.00. The largest absolute Gasteiger partial charge is 0.455 e. The van der Waals surface area contributed by atoms with E-state index < -0.39 is 0 Å². The number of fused-ring (bicyclic) bond motifs is 5. The highest BCUT2D eigenvalue weighted by Crippen LogP contribution is 2.39. The van der Waals surface area contributed by atoms with Crippen LogP contribution in [0.4, 0.5) is 0 Å². The Morgan fingerprint density at radius 3 is 2.46 bits per heavy atom. The summed E-state index contributed by atoms with van der Waals surface area (Å²) in [5.41, 5.74) is 4.60. The first-order valence-corrected chi connectivity index (χ1v) is 9.07. The molecule has 1 nitrogen and oxygen atoms in total. The molecule has 116 valence electrons. The Morgan fingerprint density at radius 1 is 0.875 bits per heavy atom. The lowest BCUT2D eigenvalue weighted by Crippen LogP contribution is -2.00. The molecule has 1 aromatic heterocycles. The van der Waals surface area contributed by atoms with E-state index in [1.54, 1.807) is 0 Å². The summed E-state index contributed by atoms with van der Waals surface area (Å²) in [6.07, 6.45) is 7.57. The molecule has 5 rings (SSSR count). The van der Waals surface area contributed by atoms with Crippen LogP contribution in [0.25, 0.3) is 38.3 Å². The molecule has 3 aromatic carbocycles. The minimum atomic E-state index is 0.396. The van der Waals surface area contributed by atoms with E-state index in [0.717, 1.165) is 17.6 Å². The molecule has 0 amide bonds. The van der Waals surface area contributed by atoms with Crippen molar-refractivity contribution in [3.8, 4) is 0 Å². The third kappa shape index (κ3) is 2.06. The van der Waals surface area contributed by atoms with Crippen molar-refractivity contribution >= 4 is 54.2 Å². The maximum Gasteiger partial charge on any atom is 0.143 e. The molecular formula is C22H15BrO. The smallest absolute Gasteiger partial charge is 0.143 e. The van der Waals surface area contributed by atoms with E-state index in [9.17, 15) is 0 Å². The number of benzene rings is 3. The van der Waals surface area contributed by atoms with Gasteiger partial charge in [-0.1, -0.05) is 76.6 Å². The standard InChI is InChI=1S/C22H15BrO/c23-15-7-5-6-14(12-15)19-13-20-17-9-3-4-11-21(17)24-22(20)18-10-2-1-8-16(18)19/h1-11,13,15H,12H2. The molecule has 0 radical (unpaired) electrons. The zero-order valence-corrected chi connectivity index (χ0v) is 14.6. The fourth-order valence-corrected chi connectivity index (χ4v) is 4.18. The van der Waals surface area contributed by atoms with Gasteiger partial charge in [0.2, 0.25) is 0 Å². The van der Waals surface area contributed by atoms with E-state index in [1.165, 1.54) is 32.7 Å². The van der Waals surface area contributed by atoms with E-state index >= 15 is 0 Å². The van der Waals surface area contributed by atoms with Crippen LogP contribution in [0.1, 0.15) is 12.0 Å². The molecule has 1 atom stereocenters. The first-order chi connectivity index (χ1) is 11.8. The molecule has 1 heterocycles. The van der Waals surface area contributed by atoms with Crippen molar-refractivity contribution in [2.24, 2.45) is 0 Å². The summed E-state index contributed by atoms with van der Waals surface area (Å²) in [6, 6.07) is 19.1. The highest BCUT2D eigenvalue weighted by atomic mass is 79.9. The second-order valence-corrected chi connectivity index (χ2v) is 7.42. The Balaban J connectivity index is 1.93. The first-order valence-electron chi connectivity index (χ1n) is 8.16. The van der Waals surface area contributed by atoms with Gasteiger partial charge in [0.05, 0.1) is 0 Å². The van der Waals surface area contributed by atoms with Crippen LogP contribution in [0.15, 0.2) is 77.2 Å². The SMILES string of the molecule is BrC1C=CC=C(c2cc3c4ccccc4oc3c3ccccc23)C1. The zero-order chi connectivity index (χ0) is 16.1. The lowest BCUT2D eigenvalue weighted by Gasteiger charge is -2.16. The van der Waals surface area contributed by atoms with Crippen LogP contribution in [-0.4, -0.2) is 4.83 Å². The number of alkyl halides is 1. The molecule has 1 unspecified atom stereocenters. The Hall–Kier alpha value is -2.32. The van der Waals surface area contributed by atoms with Gasteiger partial charge < -0.3 is 4.42 Å². The van der Waals surface area contributed by atoms with Crippen molar-refractivity contribution in [1.29, 1.82) is 0 Å². The van der Waals surface area contributed by atoms with Crippen LogP contribution in [0.5, 0.6) is 0 Å². The predicted octanol–water partition coefficient (Wildman–Crippen LogP) is 6.85. The summed E-state index contributed by atoms with van der Waals surface area (Å²) in [4.78, 5) is 0.396. The van der Waals surface area contributed by atoms with E-state index in [2.05, 4.69) is 76.6 Å². The number of furan rings is 1. The van der Waals surface area contributed by atoms with E-state index in [-0.39, 0.29) is 0 Å². The summed E-state index contributed by atoms with van der Waals surface area (Å²) in [5, 5.41) is 4.82. The fourth-order valence-electron chi connectivity index (χ4n) is 3.65. The number of allylic oxidation sites excluding steroid dienone is 4. The van der Waals surface area contributed by atoms with Gasteiger partial charge in [-0.3, -0.25) is 0 Å². The maximum absolute atomic E-state index is 6.19. The summed E-state index contributed by atoms with van der Waals surface area (Å²) in [7, 11) is 0. The van der Waals surface area contributed by atoms with Gasteiger partial charge >= 0.3 is 0 Å². The topological polar surface area (TPSA) is 13.1 Å². The van der Waals surface area contributed by atoms with Gasteiger partial charge in [0, 0.05) is 21.0 Å². The van der Waals surface area contributed by atoms with Crippen molar-refractivity contribution < 1.29 is 4.42 Å². The molecule has 0 fully saturated rings. The fraction of sp³-hybridized carbons (Fsp3) is 0.0909. The molecule has 0 saturated heterocycles. The highest BCUT2D eigenvalue weighted by Gasteiger charge is 2.17. The van der Waals surface area contributed by atoms with Crippen molar-refractivity contribution in [2.75, 3.05) is 0 Å². The molecule has 0 spiro atoms. The second kappa shape index (κ2) is 5.35. The minimum absolute atomic E-state index is 0.396. The van der Waals surface area contributed by atoms with Crippen LogP contribution in [0, 0.1) is 0 Å². The molecule has 1 aliphatic rings. The van der Waals surface area contributed by atoms with Crippen LogP contribution in [0.2, 0.25) is 0 Å². The summed E-state index contributed by atoms with van der Waals surface area (Å²) >= 11 is 3.73. The molecule has 0 aliphatic heterocycles. The lowest BCUT2D eigenvalue weighted by atomic mass is 9.91. The predicted molar refractivity (Wildman–Crippen MR) is 106 cm³/mol. The van der Waals surface area contributed by atoms with E-state index in [4.69, 9.17) is 4.42 Å². The van der Waals surface area contributed by atoms with Gasteiger partial charge in [-0.25, -0.2) is 0 Å². The summed E-state index contributed by atoms with van der Waals surface area (Å²) in [6.45, 7) is 0. The summed E-state index contributed by atoms with van der Waals surface area (Å²) < 4.78 is 6.19. The van der Waals surface area contributed by atoms with Gasteiger partial charge in [0.15, 0.2) is 0 Å². The summed E-state index contributed by atoms with van der Waals surface area (Å²) in [5.74, 6) is 0. The monoisotopic (exact) mass is 374 g/mol. The van der Waals surface area contributed by atoms with Crippen LogP contribution in [0.3, 0.4) is 0 Å². The van der Waals surface area contributed by atoms with Crippen LogP contribution >= 0.6 is 15.9 Å². The molecule has 4 aromatic rings. The molecular weight excluding hydrogens is 360 g/mol. The van der Waals surface area contributed by atoms with Gasteiger partial charge in [-0.05, 0) is 35.1 Å². The van der Waals surface area contributed by atoms with Gasteiger partial charge in [-0.15, -0.1) is 0 Å². The van der Waals surface area contributed by atoms with Crippen molar-refractivity contribution in [2.45, 2.75) is 11.2 Å². The number of para-hydroxylation sites is 1. The second-order valence-electron chi connectivity index (χ2n) is 6.24. The van der Waals surface area contributed by atoms with E-state index in [1.807, 2.05) is 12.1 Å². The lowest BCUT2D eigenvalue weighted by molar-refractivity contribution is 0.672. The zero-order valence-electron chi connectivity index (χ0n) is 13.0. The highest BCUT2D eigenvalue weighted by molar-refractivity contribution is 9.09. The number of rotatable bonds is 1. The molecule has 1 aliphatic carbocycles. The third-order valence-corrected chi connectivity index (χ3v) is 5.39. The molecule has 0 bridgehead atoms. The Bertz CT molecular complexity index is 1150. The number of hydrogen-bond donors (Lipinski definition) is 0. The molecule has 0 saturated carbocycles. The van der Waals surface area contributed by atoms with E-state index in [0.29, 0.717) is 4.83 Å². The molecule has 0 N–H and O–H groups in total. The number of halogens is 1. The quantitative estimate of drug-likeness (QED) is 0.332.